The number of amides is 2. The molecule has 1 unspecified atom stereocenters. The highest BCUT2D eigenvalue weighted by atomic mass is 19.4. The molecular weight excluding hydrogens is 399 g/mol. The molecule has 0 radical (unpaired) electrons. The van der Waals surface area contributed by atoms with Gasteiger partial charge in [-0.05, 0) is 36.8 Å². The SMILES string of the molecule is C[C@@H](C(=O)N(C)Cc1ccccc1)[NH+](C)CC(=O)Nc1ccc(OC(F)(F)F)cc1. The van der Waals surface area contributed by atoms with Crippen LogP contribution in [0.2, 0.25) is 0 Å². The Hall–Kier alpha value is -3.07. The van der Waals surface area contributed by atoms with Gasteiger partial charge in [0, 0.05) is 19.3 Å². The number of carbonyl (C=O) groups excluding carboxylic acids is 2. The van der Waals surface area contributed by atoms with Gasteiger partial charge in [0.25, 0.3) is 11.8 Å². The van der Waals surface area contributed by atoms with E-state index >= 15 is 0 Å². The van der Waals surface area contributed by atoms with Gasteiger partial charge >= 0.3 is 6.36 Å². The molecule has 0 aromatic heterocycles. The third kappa shape index (κ3) is 7.40. The lowest BCUT2D eigenvalue weighted by Gasteiger charge is -2.25. The maximum Gasteiger partial charge on any atom is 0.573 e. The molecule has 2 aromatic rings. The van der Waals surface area contributed by atoms with E-state index in [1.54, 1.807) is 25.9 Å². The van der Waals surface area contributed by atoms with Crippen LogP contribution in [-0.2, 0) is 16.1 Å². The van der Waals surface area contributed by atoms with Crippen molar-refractivity contribution in [3.63, 3.8) is 0 Å². The zero-order valence-corrected chi connectivity index (χ0v) is 17.0. The number of carbonyl (C=O) groups is 2. The topological polar surface area (TPSA) is 63.1 Å². The summed E-state index contributed by atoms with van der Waals surface area (Å²) >= 11 is 0. The standard InChI is InChI=1S/C21H24F3N3O3/c1-15(20(29)27(3)13-16-7-5-4-6-8-16)26(2)14-19(28)25-17-9-11-18(12-10-17)30-21(22,23)24/h4-12,15H,13-14H2,1-3H3,(H,25,28)/p+1/t15-/m0/s1. The molecule has 2 atom stereocenters. The zero-order chi connectivity index (χ0) is 22.3. The van der Waals surface area contributed by atoms with Gasteiger partial charge in [0.05, 0.1) is 7.05 Å². The number of quaternary nitrogens is 1. The fourth-order valence-corrected chi connectivity index (χ4v) is 2.83. The first-order valence-corrected chi connectivity index (χ1v) is 9.32. The van der Waals surface area contributed by atoms with Gasteiger partial charge < -0.3 is 19.9 Å². The maximum atomic E-state index is 12.6. The normalized spacial score (nSPS) is 13.3. The van der Waals surface area contributed by atoms with Gasteiger partial charge in [0.15, 0.2) is 12.6 Å². The zero-order valence-electron chi connectivity index (χ0n) is 17.0. The van der Waals surface area contributed by atoms with Crippen LogP contribution in [0.15, 0.2) is 54.6 Å². The van der Waals surface area contributed by atoms with Crippen LogP contribution in [0.3, 0.4) is 0 Å². The average Bonchev–Trinajstić information content (AvgIpc) is 2.67. The Morgan fingerprint density at radius 1 is 1.10 bits per heavy atom. The van der Waals surface area contributed by atoms with Crippen molar-refractivity contribution in [1.29, 1.82) is 0 Å². The summed E-state index contributed by atoms with van der Waals surface area (Å²) in [5.74, 6) is -0.830. The predicted octanol–water partition coefficient (Wildman–Crippen LogP) is 2.09. The first-order chi connectivity index (χ1) is 14.0. The van der Waals surface area contributed by atoms with Crippen molar-refractivity contribution >= 4 is 17.5 Å². The number of nitrogens with zero attached hydrogens (tertiary/aromatic N) is 1. The molecule has 0 spiro atoms. The molecule has 0 aliphatic rings. The molecule has 2 amide bonds. The minimum atomic E-state index is -4.77. The fraction of sp³-hybridized carbons (Fsp3) is 0.333. The third-order valence-corrected chi connectivity index (χ3v) is 4.56. The Morgan fingerprint density at radius 2 is 1.70 bits per heavy atom. The second kappa shape index (κ2) is 10.1. The maximum absolute atomic E-state index is 12.6. The number of likely N-dealkylation sites (N-methyl/N-ethyl adjacent to an activating group) is 2. The highest BCUT2D eigenvalue weighted by molar-refractivity contribution is 5.91. The molecule has 2 rings (SSSR count). The first-order valence-electron chi connectivity index (χ1n) is 9.32. The molecule has 9 heteroatoms. The van der Waals surface area contributed by atoms with Crippen LogP contribution in [0.4, 0.5) is 18.9 Å². The van der Waals surface area contributed by atoms with E-state index in [2.05, 4.69) is 10.1 Å². The molecule has 0 aliphatic heterocycles. The molecule has 0 heterocycles. The van der Waals surface area contributed by atoms with Gasteiger partial charge in [-0.1, -0.05) is 30.3 Å². The number of halogens is 3. The van der Waals surface area contributed by atoms with E-state index < -0.39 is 12.4 Å². The van der Waals surface area contributed by atoms with Crippen molar-refractivity contribution in [2.24, 2.45) is 0 Å². The Morgan fingerprint density at radius 3 is 2.27 bits per heavy atom. The average molecular weight is 424 g/mol. The number of hydrogen-bond acceptors (Lipinski definition) is 3. The molecular formula is C21H25F3N3O3+. The molecule has 0 saturated carbocycles. The van der Waals surface area contributed by atoms with Crippen molar-refractivity contribution in [3.05, 3.63) is 60.2 Å². The lowest BCUT2D eigenvalue weighted by Crippen LogP contribution is -3.15. The van der Waals surface area contributed by atoms with Crippen LogP contribution in [0.1, 0.15) is 12.5 Å². The highest BCUT2D eigenvalue weighted by Gasteiger charge is 2.31. The quantitative estimate of drug-likeness (QED) is 0.682. The summed E-state index contributed by atoms with van der Waals surface area (Å²) in [7, 11) is 3.45. The van der Waals surface area contributed by atoms with E-state index in [1.165, 1.54) is 12.1 Å². The second-order valence-electron chi connectivity index (χ2n) is 7.05. The number of benzene rings is 2. The van der Waals surface area contributed by atoms with Gasteiger partial charge in [-0.2, -0.15) is 0 Å². The Balaban J connectivity index is 1.86. The third-order valence-electron chi connectivity index (χ3n) is 4.56. The number of nitrogens with one attached hydrogen (secondary N) is 2. The second-order valence-corrected chi connectivity index (χ2v) is 7.05. The summed E-state index contributed by atoms with van der Waals surface area (Å²) in [4.78, 5) is 27.2. The highest BCUT2D eigenvalue weighted by Crippen LogP contribution is 2.23. The number of alkyl halides is 3. The number of ether oxygens (including phenoxy) is 1. The lowest BCUT2D eigenvalue weighted by atomic mass is 10.2. The Bertz CT molecular complexity index is 842. The van der Waals surface area contributed by atoms with Crippen molar-refractivity contribution < 1.29 is 32.4 Å². The van der Waals surface area contributed by atoms with Crippen molar-refractivity contribution in [3.8, 4) is 5.75 Å². The molecule has 2 aromatic carbocycles. The molecule has 0 aliphatic carbocycles. The lowest BCUT2D eigenvalue weighted by molar-refractivity contribution is -0.886. The molecule has 0 fully saturated rings. The van der Waals surface area contributed by atoms with E-state index in [9.17, 15) is 22.8 Å². The van der Waals surface area contributed by atoms with Crippen molar-refractivity contribution in [2.75, 3.05) is 26.0 Å². The summed E-state index contributed by atoms with van der Waals surface area (Å²) in [6.45, 7) is 2.23. The smallest absolute Gasteiger partial charge is 0.406 e. The number of anilines is 1. The molecule has 30 heavy (non-hydrogen) atoms. The van der Waals surface area contributed by atoms with Crippen LogP contribution >= 0.6 is 0 Å². The summed E-state index contributed by atoms with van der Waals surface area (Å²) in [5, 5.41) is 2.60. The minimum Gasteiger partial charge on any atom is -0.406 e. The van der Waals surface area contributed by atoms with Gasteiger partial charge in [0.1, 0.15) is 5.75 Å². The summed E-state index contributed by atoms with van der Waals surface area (Å²) in [6.07, 6.45) is -4.77. The van der Waals surface area contributed by atoms with Gasteiger partial charge in [-0.25, -0.2) is 0 Å². The summed E-state index contributed by atoms with van der Waals surface area (Å²) in [6, 6.07) is 14.0. The molecule has 0 bridgehead atoms. The summed E-state index contributed by atoms with van der Waals surface area (Å²) < 4.78 is 40.4. The van der Waals surface area contributed by atoms with Crippen molar-refractivity contribution in [2.45, 2.75) is 25.9 Å². The van der Waals surface area contributed by atoms with E-state index in [1.807, 2.05) is 30.3 Å². The minimum absolute atomic E-state index is 0.0207. The fourth-order valence-electron chi connectivity index (χ4n) is 2.83. The van der Waals surface area contributed by atoms with Gasteiger partial charge in [0.2, 0.25) is 0 Å². The molecule has 0 saturated heterocycles. The van der Waals surface area contributed by atoms with E-state index in [0.29, 0.717) is 17.1 Å². The van der Waals surface area contributed by atoms with Crippen LogP contribution < -0.4 is 15.0 Å². The van der Waals surface area contributed by atoms with E-state index in [-0.39, 0.29) is 24.1 Å². The Labute approximate surface area is 173 Å². The van der Waals surface area contributed by atoms with Crippen molar-refractivity contribution in [1.82, 2.24) is 4.90 Å². The van der Waals surface area contributed by atoms with Gasteiger partial charge in [-0.15, -0.1) is 13.2 Å². The van der Waals surface area contributed by atoms with Crippen LogP contribution in [0.25, 0.3) is 0 Å². The monoisotopic (exact) mass is 424 g/mol. The Kier molecular flexibility index (Phi) is 7.82. The molecule has 162 valence electrons. The number of hydrogen-bond donors (Lipinski definition) is 2. The van der Waals surface area contributed by atoms with Gasteiger partial charge in [-0.3, -0.25) is 9.59 Å². The predicted molar refractivity (Wildman–Crippen MR) is 106 cm³/mol. The van der Waals surface area contributed by atoms with E-state index in [0.717, 1.165) is 17.7 Å². The molecule has 6 nitrogen and oxygen atoms in total. The first kappa shape index (κ1) is 23.2. The number of rotatable bonds is 8. The van der Waals surface area contributed by atoms with Crippen LogP contribution in [0.5, 0.6) is 5.75 Å². The molecule has 2 N–H and O–H groups in total. The van der Waals surface area contributed by atoms with Crippen LogP contribution in [-0.4, -0.2) is 49.8 Å². The summed E-state index contributed by atoms with van der Waals surface area (Å²) in [5.41, 5.74) is 1.34. The largest absolute Gasteiger partial charge is 0.573 e. The van der Waals surface area contributed by atoms with Crippen LogP contribution in [0, 0.1) is 0 Å². The van der Waals surface area contributed by atoms with E-state index in [4.69, 9.17) is 0 Å².